The lowest BCUT2D eigenvalue weighted by molar-refractivity contribution is 0.177. The zero-order chi connectivity index (χ0) is 18.1. The van der Waals surface area contributed by atoms with E-state index in [1.807, 2.05) is 11.7 Å². The van der Waals surface area contributed by atoms with Gasteiger partial charge in [0.1, 0.15) is 12.4 Å². The summed E-state index contributed by atoms with van der Waals surface area (Å²) in [6, 6.07) is 0.325. The van der Waals surface area contributed by atoms with Gasteiger partial charge in [0.25, 0.3) is 0 Å². The van der Waals surface area contributed by atoms with E-state index in [9.17, 15) is 0 Å². The molecule has 1 aliphatic heterocycles. The van der Waals surface area contributed by atoms with Crippen molar-refractivity contribution in [2.45, 2.75) is 71.6 Å². The number of guanidine groups is 1. The molecular weight excluding hydrogens is 443 g/mol. The quantitative estimate of drug-likeness (QED) is 0.324. The molecule has 2 rings (SSSR count). The lowest BCUT2D eigenvalue weighted by Crippen LogP contribution is -2.48. The number of methoxy groups -OCH3 is 1. The molecule has 2 unspecified atom stereocenters. The van der Waals surface area contributed by atoms with Crippen LogP contribution >= 0.6 is 24.0 Å². The van der Waals surface area contributed by atoms with Gasteiger partial charge in [-0.15, -0.1) is 24.0 Å². The smallest absolute Gasteiger partial charge is 0.191 e. The lowest BCUT2D eigenvalue weighted by atomic mass is 9.99. The highest BCUT2D eigenvalue weighted by atomic mass is 127. The van der Waals surface area contributed by atoms with Gasteiger partial charge in [-0.3, -0.25) is 4.99 Å². The number of hydrogen-bond acceptors (Lipinski definition) is 4. The van der Waals surface area contributed by atoms with E-state index in [2.05, 4.69) is 39.6 Å². The normalized spacial score (nSPS) is 18.0. The van der Waals surface area contributed by atoms with Crippen LogP contribution in [0.2, 0.25) is 0 Å². The first-order chi connectivity index (χ1) is 12.2. The van der Waals surface area contributed by atoms with Crippen LogP contribution in [0.15, 0.2) is 4.99 Å². The summed E-state index contributed by atoms with van der Waals surface area (Å²) in [5, 5.41) is 11.6. The average Bonchev–Trinajstić information content (AvgIpc) is 3.02. The molecule has 8 heteroatoms. The third kappa shape index (κ3) is 7.02. The minimum Gasteiger partial charge on any atom is -0.377 e. The van der Waals surface area contributed by atoms with Crippen LogP contribution in [-0.2, 0) is 24.3 Å². The van der Waals surface area contributed by atoms with Gasteiger partial charge < -0.3 is 15.4 Å². The molecule has 150 valence electrons. The fourth-order valence-electron chi connectivity index (χ4n) is 3.24. The summed E-state index contributed by atoms with van der Waals surface area (Å²) in [4.78, 5) is 8.92. The van der Waals surface area contributed by atoms with Crippen LogP contribution in [0.1, 0.15) is 57.6 Å². The van der Waals surface area contributed by atoms with Crippen molar-refractivity contribution in [2.75, 3.05) is 20.7 Å². The summed E-state index contributed by atoms with van der Waals surface area (Å²) in [7, 11) is 3.51. The van der Waals surface area contributed by atoms with Crippen LogP contribution in [0.5, 0.6) is 0 Å². The van der Waals surface area contributed by atoms with E-state index in [1.54, 1.807) is 7.11 Å². The van der Waals surface area contributed by atoms with Gasteiger partial charge in [-0.2, -0.15) is 5.10 Å². The molecule has 0 aliphatic carbocycles. The van der Waals surface area contributed by atoms with E-state index in [-0.39, 0.29) is 24.0 Å². The Morgan fingerprint density at radius 2 is 2.23 bits per heavy atom. The molecule has 0 saturated carbocycles. The van der Waals surface area contributed by atoms with E-state index in [0.29, 0.717) is 18.6 Å². The maximum atomic E-state index is 5.12. The molecule has 0 aromatic carbocycles. The molecule has 1 aromatic heterocycles. The van der Waals surface area contributed by atoms with Gasteiger partial charge in [-0.25, -0.2) is 9.67 Å². The van der Waals surface area contributed by atoms with Gasteiger partial charge in [0.15, 0.2) is 11.8 Å². The molecule has 1 aromatic rings. The van der Waals surface area contributed by atoms with Crippen LogP contribution in [0.3, 0.4) is 0 Å². The third-order valence-corrected chi connectivity index (χ3v) is 4.84. The summed E-state index contributed by atoms with van der Waals surface area (Å²) in [6.07, 6.45) is 7.02. The highest BCUT2D eigenvalue weighted by Gasteiger charge is 2.22. The van der Waals surface area contributed by atoms with Gasteiger partial charge in [0.2, 0.25) is 0 Å². The van der Waals surface area contributed by atoms with Crippen LogP contribution in [0, 0.1) is 5.92 Å². The van der Waals surface area contributed by atoms with Crippen molar-refractivity contribution in [3.63, 3.8) is 0 Å². The Morgan fingerprint density at radius 3 is 2.88 bits per heavy atom. The van der Waals surface area contributed by atoms with E-state index in [0.717, 1.165) is 43.5 Å². The molecule has 2 atom stereocenters. The van der Waals surface area contributed by atoms with Crippen LogP contribution in [-0.4, -0.2) is 47.5 Å². The first-order valence-electron chi connectivity index (χ1n) is 9.58. The molecule has 1 aliphatic rings. The number of aromatic nitrogens is 3. The maximum absolute atomic E-state index is 5.12. The van der Waals surface area contributed by atoms with Gasteiger partial charge >= 0.3 is 0 Å². The van der Waals surface area contributed by atoms with Crippen LogP contribution in [0.25, 0.3) is 0 Å². The first kappa shape index (κ1) is 23.1. The van der Waals surface area contributed by atoms with Gasteiger partial charge in [0.05, 0.1) is 6.54 Å². The SMILES string of the molecule is CCCCC(CC)CNC(=NC)NC1CCc2nc(COC)nn2C1.I. The minimum absolute atomic E-state index is 0. The summed E-state index contributed by atoms with van der Waals surface area (Å²) in [5.41, 5.74) is 0. The monoisotopic (exact) mass is 478 g/mol. The summed E-state index contributed by atoms with van der Waals surface area (Å²) in [6.45, 7) is 6.79. The van der Waals surface area contributed by atoms with E-state index >= 15 is 0 Å². The minimum atomic E-state index is 0. The molecule has 0 bridgehead atoms. The van der Waals surface area contributed by atoms with Crippen molar-refractivity contribution >= 4 is 29.9 Å². The van der Waals surface area contributed by atoms with E-state index in [1.165, 1.54) is 25.7 Å². The van der Waals surface area contributed by atoms with Crippen LogP contribution in [0.4, 0.5) is 0 Å². The van der Waals surface area contributed by atoms with Crippen LogP contribution < -0.4 is 10.6 Å². The standard InChI is InChI=1S/C18H34N6O.HI/c1-5-7-8-14(6-2)11-20-18(19-3)21-15-9-10-17-22-16(13-25-4)23-24(17)12-15;/h14-15H,5-13H2,1-4H3,(H2,19,20,21);1H. The molecule has 26 heavy (non-hydrogen) atoms. The molecule has 2 N–H and O–H groups in total. The Balaban J connectivity index is 0.00000338. The van der Waals surface area contributed by atoms with E-state index < -0.39 is 0 Å². The number of rotatable bonds is 9. The predicted octanol–water partition coefficient (Wildman–Crippen LogP) is 2.74. The zero-order valence-corrected chi connectivity index (χ0v) is 19.0. The number of aryl methyl sites for hydroxylation is 1. The molecule has 0 fully saturated rings. The fourth-order valence-corrected chi connectivity index (χ4v) is 3.24. The van der Waals surface area contributed by atoms with Gasteiger partial charge in [0, 0.05) is 33.2 Å². The number of ether oxygens (including phenoxy) is 1. The Kier molecular flexibility index (Phi) is 11.1. The number of halogens is 1. The molecule has 7 nitrogen and oxygen atoms in total. The van der Waals surface area contributed by atoms with Crippen molar-refractivity contribution in [1.29, 1.82) is 0 Å². The maximum Gasteiger partial charge on any atom is 0.191 e. The number of unbranched alkanes of at least 4 members (excludes halogenated alkanes) is 1. The van der Waals surface area contributed by atoms with Crippen molar-refractivity contribution in [3.8, 4) is 0 Å². The van der Waals surface area contributed by atoms with Gasteiger partial charge in [-0.05, 0) is 18.8 Å². The predicted molar refractivity (Wildman–Crippen MR) is 116 cm³/mol. The Morgan fingerprint density at radius 1 is 1.42 bits per heavy atom. The summed E-state index contributed by atoms with van der Waals surface area (Å²) in [5.74, 6) is 3.42. The zero-order valence-electron chi connectivity index (χ0n) is 16.6. The molecular formula is C18H35IN6O. The molecule has 0 saturated heterocycles. The summed E-state index contributed by atoms with van der Waals surface area (Å²) < 4.78 is 7.12. The number of nitrogens with one attached hydrogen (secondary N) is 2. The Labute approximate surface area is 174 Å². The topological polar surface area (TPSA) is 76.4 Å². The second-order valence-electron chi connectivity index (χ2n) is 6.81. The number of nitrogens with zero attached hydrogens (tertiary/aromatic N) is 4. The van der Waals surface area contributed by atoms with E-state index in [4.69, 9.17) is 4.74 Å². The summed E-state index contributed by atoms with van der Waals surface area (Å²) >= 11 is 0. The number of hydrogen-bond donors (Lipinski definition) is 2. The number of fused-ring (bicyclic) bond motifs is 1. The Bertz CT molecular complexity index is 548. The molecule has 0 spiro atoms. The second kappa shape index (κ2) is 12.5. The first-order valence-corrected chi connectivity index (χ1v) is 9.58. The van der Waals surface area contributed by atoms with Gasteiger partial charge in [-0.1, -0.05) is 33.1 Å². The molecule has 0 amide bonds. The molecule has 2 heterocycles. The fraction of sp³-hybridized carbons (Fsp3) is 0.833. The lowest BCUT2D eigenvalue weighted by Gasteiger charge is -2.26. The van der Waals surface area contributed by atoms with Crippen molar-refractivity contribution in [3.05, 3.63) is 11.6 Å². The number of aliphatic imine (C=N–C) groups is 1. The highest BCUT2D eigenvalue weighted by molar-refractivity contribution is 14.0. The average molecular weight is 478 g/mol. The van der Waals surface area contributed by atoms with Crippen molar-refractivity contribution in [1.82, 2.24) is 25.4 Å². The highest BCUT2D eigenvalue weighted by Crippen LogP contribution is 2.14. The second-order valence-corrected chi connectivity index (χ2v) is 6.81. The largest absolute Gasteiger partial charge is 0.377 e. The van der Waals surface area contributed by atoms with Crippen molar-refractivity contribution < 1.29 is 4.74 Å². The van der Waals surface area contributed by atoms with Crippen molar-refractivity contribution in [2.24, 2.45) is 10.9 Å². The third-order valence-electron chi connectivity index (χ3n) is 4.84. The molecule has 0 radical (unpaired) electrons. The Hall–Kier alpha value is -0.900.